The largest absolute Gasteiger partial charge is 0.337 e. The average Bonchev–Trinajstić information content (AvgIpc) is 3.32. The number of anilines is 2. The molecule has 2 aromatic rings. The molecule has 2 aliphatic rings. The van der Waals surface area contributed by atoms with Gasteiger partial charge in [0, 0.05) is 32.4 Å². The van der Waals surface area contributed by atoms with Gasteiger partial charge in [-0.2, -0.15) is 10.2 Å². The van der Waals surface area contributed by atoms with Crippen molar-refractivity contribution in [1.29, 1.82) is 0 Å². The molecule has 1 saturated heterocycles. The van der Waals surface area contributed by atoms with Crippen LogP contribution in [0, 0.1) is 6.92 Å². The molecule has 0 spiro atoms. The van der Waals surface area contributed by atoms with E-state index in [0.717, 1.165) is 73.8 Å². The highest BCUT2D eigenvalue weighted by Crippen LogP contribution is 2.35. The van der Waals surface area contributed by atoms with Crippen LogP contribution >= 0.6 is 0 Å². The molecule has 0 aliphatic carbocycles. The van der Waals surface area contributed by atoms with Crippen LogP contribution in [0.25, 0.3) is 0 Å². The molecular weight excluding hydrogens is 326 g/mol. The minimum Gasteiger partial charge on any atom is -0.337 e. The number of fused-ring (bicyclic) bond motifs is 1. The smallest absolute Gasteiger partial charge is 0.270 e. The van der Waals surface area contributed by atoms with Crippen molar-refractivity contribution < 1.29 is 4.79 Å². The Morgan fingerprint density at radius 2 is 1.92 bits per heavy atom. The molecule has 0 saturated carbocycles. The summed E-state index contributed by atoms with van der Waals surface area (Å²) in [6.45, 7) is 4.74. The van der Waals surface area contributed by atoms with Gasteiger partial charge in [-0.3, -0.25) is 4.79 Å². The fourth-order valence-electron chi connectivity index (χ4n) is 3.95. The zero-order valence-electron chi connectivity index (χ0n) is 15.5. The third-order valence-corrected chi connectivity index (χ3v) is 5.30. The first-order chi connectivity index (χ1) is 12.7. The Kier molecular flexibility index (Phi) is 4.49. The monoisotopic (exact) mass is 351 g/mol. The zero-order chi connectivity index (χ0) is 18.1. The number of likely N-dealkylation sites (tertiary alicyclic amines) is 1. The molecule has 3 heterocycles. The van der Waals surface area contributed by atoms with Gasteiger partial charge in [0.15, 0.2) is 0 Å². The van der Waals surface area contributed by atoms with Crippen molar-refractivity contribution >= 4 is 23.1 Å². The molecule has 4 rings (SSSR count). The van der Waals surface area contributed by atoms with Crippen LogP contribution in [0.5, 0.6) is 0 Å². The predicted octanol–water partition coefficient (Wildman–Crippen LogP) is 4.36. The number of hydrogen-bond donors (Lipinski definition) is 1. The van der Waals surface area contributed by atoms with Crippen molar-refractivity contribution in [2.24, 2.45) is 10.2 Å². The number of azo groups is 1. The summed E-state index contributed by atoms with van der Waals surface area (Å²) < 4.78 is 0. The topological polar surface area (TPSA) is 64.1 Å². The Bertz CT molecular complexity index is 848. The zero-order valence-corrected chi connectivity index (χ0v) is 15.5. The fraction of sp³-hybridized carbons (Fsp3) is 0.450. The summed E-state index contributed by atoms with van der Waals surface area (Å²) in [6.07, 6.45) is 4.31. The van der Waals surface area contributed by atoms with E-state index >= 15 is 0 Å². The number of hydrogen-bond acceptors (Lipinski definition) is 4. The van der Waals surface area contributed by atoms with Crippen LogP contribution in [-0.2, 0) is 6.42 Å². The Hall–Kier alpha value is -2.63. The number of nitrogens with zero attached hydrogens (tertiary/aromatic N) is 4. The van der Waals surface area contributed by atoms with Crippen LogP contribution in [0.2, 0.25) is 0 Å². The van der Waals surface area contributed by atoms with Crippen LogP contribution < -0.4 is 4.90 Å². The van der Waals surface area contributed by atoms with E-state index in [9.17, 15) is 4.79 Å². The maximum Gasteiger partial charge on any atom is 0.270 e. The third kappa shape index (κ3) is 3.00. The molecule has 0 atom stereocenters. The molecule has 1 fully saturated rings. The maximum absolute atomic E-state index is 12.7. The minimum absolute atomic E-state index is 0.131. The Morgan fingerprint density at radius 1 is 1.12 bits per heavy atom. The highest BCUT2D eigenvalue weighted by atomic mass is 16.2. The molecule has 6 heteroatoms. The molecule has 0 bridgehead atoms. The molecule has 0 unspecified atom stereocenters. The van der Waals surface area contributed by atoms with E-state index < -0.39 is 0 Å². The number of aromatic nitrogens is 1. The lowest BCUT2D eigenvalue weighted by Gasteiger charge is -2.29. The van der Waals surface area contributed by atoms with Gasteiger partial charge >= 0.3 is 0 Å². The number of aryl methyl sites for hydroxylation is 2. The van der Waals surface area contributed by atoms with Gasteiger partial charge in [-0.05, 0) is 68.0 Å². The number of nitrogens with one attached hydrogen (secondary N) is 1. The van der Waals surface area contributed by atoms with Crippen molar-refractivity contribution in [3.05, 3.63) is 41.1 Å². The van der Waals surface area contributed by atoms with Crippen molar-refractivity contribution in [3.8, 4) is 0 Å². The third-order valence-electron chi connectivity index (χ3n) is 5.30. The summed E-state index contributed by atoms with van der Waals surface area (Å²) >= 11 is 0. The lowest BCUT2D eigenvalue weighted by Crippen LogP contribution is -2.28. The van der Waals surface area contributed by atoms with Gasteiger partial charge < -0.3 is 14.8 Å². The highest BCUT2D eigenvalue weighted by Gasteiger charge is 2.26. The Labute approximate surface area is 153 Å². The molecule has 1 aromatic heterocycles. The van der Waals surface area contributed by atoms with E-state index in [1.807, 2.05) is 11.0 Å². The molecule has 1 N–H and O–H groups in total. The molecule has 2 aliphatic heterocycles. The first-order valence-electron chi connectivity index (χ1n) is 9.36. The van der Waals surface area contributed by atoms with E-state index in [-0.39, 0.29) is 5.91 Å². The average molecular weight is 351 g/mol. The number of aromatic amines is 1. The molecule has 0 radical (unpaired) electrons. The number of carbonyl (C=O) groups is 1. The first kappa shape index (κ1) is 16.8. The molecule has 136 valence electrons. The van der Waals surface area contributed by atoms with Gasteiger partial charge in [-0.25, -0.2) is 0 Å². The summed E-state index contributed by atoms with van der Waals surface area (Å²) in [7, 11) is 1.68. The lowest BCUT2D eigenvalue weighted by molar-refractivity contribution is 0.0788. The van der Waals surface area contributed by atoms with Gasteiger partial charge in [0.25, 0.3) is 5.91 Å². The van der Waals surface area contributed by atoms with Crippen molar-refractivity contribution in [1.82, 2.24) is 9.88 Å². The second kappa shape index (κ2) is 6.94. The number of carbonyl (C=O) groups excluding carboxylic acids is 1. The summed E-state index contributed by atoms with van der Waals surface area (Å²) in [5.41, 5.74) is 5.07. The normalized spacial score (nSPS) is 17.2. The van der Waals surface area contributed by atoms with Crippen LogP contribution in [0.15, 0.2) is 34.5 Å². The van der Waals surface area contributed by atoms with Crippen LogP contribution in [-0.4, -0.2) is 42.5 Å². The molecule has 26 heavy (non-hydrogen) atoms. The van der Waals surface area contributed by atoms with Crippen molar-refractivity contribution in [2.45, 2.75) is 32.6 Å². The molecule has 1 aromatic carbocycles. The van der Waals surface area contributed by atoms with E-state index in [1.165, 1.54) is 5.56 Å². The molecular formula is C20H25N5O. The van der Waals surface area contributed by atoms with E-state index in [1.54, 1.807) is 7.05 Å². The van der Waals surface area contributed by atoms with Gasteiger partial charge in [-0.15, -0.1) is 0 Å². The van der Waals surface area contributed by atoms with Gasteiger partial charge in [-0.1, -0.05) is 0 Å². The van der Waals surface area contributed by atoms with Crippen molar-refractivity contribution in [3.63, 3.8) is 0 Å². The lowest BCUT2D eigenvalue weighted by atomic mass is 10.1. The van der Waals surface area contributed by atoms with Crippen LogP contribution in [0.1, 0.15) is 40.9 Å². The summed E-state index contributed by atoms with van der Waals surface area (Å²) in [5.74, 6) is 1.19. The van der Waals surface area contributed by atoms with Crippen LogP contribution in [0.3, 0.4) is 0 Å². The summed E-state index contributed by atoms with van der Waals surface area (Å²) in [5, 5.41) is 8.03. The summed E-state index contributed by atoms with van der Waals surface area (Å²) in [4.78, 5) is 20.4. The SMILES string of the molecule is C/N=N/c1ccc(N2CCCc3cc(C(=O)N4CCCC4)[nH]c32)cc1C. The fourth-order valence-corrected chi connectivity index (χ4v) is 3.95. The van der Waals surface area contributed by atoms with Gasteiger partial charge in [0.05, 0.1) is 5.69 Å². The number of rotatable bonds is 3. The second-order valence-corrected chi connectivity index (χ2v) is 7.08. The molecule has 6 nitrogen and oxygen atoms in total. The Balaban J connectivity index is 1.65. The van der Waals surface area contributed by atoms with Gasteiger partial charge in [0.1, 0.15) is 11.5 Å². The number of H-pyrrole nitrogens is 1. The molecule has 1 amide bonds. The van der Waals surface area contributed by atoms with E-state index in [4.69, 9.17) is 0 Å². The standard InChI is InChI=1S/C20H25N5O/c1-14-12-16(7-8-17(14)23-21-2)25-11-5-6-15-13-18(22-19(15)25)20(26)24-9-3-4-10-24/h7-8,12-13,22H,3-6,9-11H2,1-2H3/b23-21+. The maximum atomic E-state index is 12.7. The van der Waals surface area contributed by atoms with Crippen molar-refractivity contribution in [2.75, 3.05) is 31.6 Å². The second-order valence-electron chi connectivity index (χ2n) is 7.08. The quantitative estimate of drug-likeness (QED) is 0.835. The van der Waals surface area contributed by atoms with E-state index in [0.29, 0.717) is 0 Å². The number of amides is 1. The highest BCUT2D eigenvalue weighted by molar-refractivity contribution is 5.94. The number of benzene rings is 1. The Morgan fingerprint density at radius 3 is 2.65 bits per heavy atom. The van der Waals surface area contributed by atoms with Crippen LogP contribution in [0.4, 0.5) is 17.2 Å². The first-order valence-corrected chi connectivity index (χ1v) is 9.36. The van der Waals surface area contributed by atoms with E-state index in [2.05, 4.69) is 45.2 Å². The minimum atomic E-state index is 0.131. The van der Waals surface area contributed by atoms with Gasteiger partial charge in [0.2, 0.25) is 0 Å². The predicted molar refractivity (Wildman–Crippen MR) is 103 cm³/mol. The summed E-state index contributed by atoms with van der Waals surface area (Å²) in [6, 6.07) is 8.27.